The molecule has 2 aliphatic heterocycles. The summed E-state index contributed by atoms with van der Waals surface area (Å²) >= 11 is 0. The van der Waals surface area contributed by atoms with Gasteiger partial charge in [0, 0.05) is 24.8 Å². The van der Waals surface area contributed by atoms with Gasteiger partial charge in [-0.3, -0.25) is 4.72 Å². The number of aryl methyl sites for hydroxylation is 1. The second-order valence-electron chi connectivity index (χ2n) is 9.67. The van der Waals surface area contributed by atoms with Crippen LogP contribution in [-0.4, -0.2) is 73.9 Å². The summed E-state index contributed by atoms with van der Waals surface area (Å²) < 4.78 is 73.3. The number of carboxylic acids is 2. The molecule has 2 aromatic rings. The zero-order chi connectivity index (χ0) is 29.7. The molecule has 2 heterocycles. The second kappa shape index (κ2) is 12.9. The van der Waals surface area contributed by atoms with Gasteiger partial charge in [0.25, 0.3) is 10.0 Å². The summed E-state index contributed by atoms with van der Waals surface area (Å²) in [7, 11) is -4.07. The van der Waals surface area contributed by atoms with E-state index in [-0.39, 0.29) is 16.1 Å². The monoisotopic (exact) mass is 589 g/mol. The molecule has 220 valence electrons. The summed E-state index contributed by atoms with van der Waals surface area (Å²) in [6.45, 7) is 5.38. The number of likely N-dealkylation sites (tertiary alicyclic amines) is 1. The van der Waals surface area contributed by atoms with Crippen molar-refractivity contribution in [3.8, 4) is 0 Å². The Bertz CT molecular complexity index is 1320. The highest BCUT2D eigenvalue weighted by atomic mass is 32.2. The van der Waals surface area contributed by atoms with Gasteiger partial charge >= 0.3 is 18.1 Å². The van der Waals surface area contributed by atoms with Crippen LogP contribution in [0.5, 0.6) is 0 Å². The zero-order valence-electron chi connectivity index (χ0n) is 21.7. The maximum absolute atomic E-state index is 13.6. The summed E-state index contributed by atoms with van der Waals surface area (Å²) in [5.41, 5.74) is 1.16. The number of hydrogen-bond donors (Lipinski definition) is 3. The normalized spacial score (nSPS) is 17.1. The third-order valence-electron chi connectivity index (χ3n) is 6.87. The van der Waals surface area contributed by atoms with Crippen LogP contribution in [0.4, 0.5) is 28.9 Å². The molecule has 4 rings (SSSR count). The van der Waals surface area contributed by atoms with Crippen molar-refractivity contribution in [2.75, 3.05) is 35.8 Å². The van der Waals surface area contributed by atoms with Crippen LogP contribution >= 0.6 is 0 Å². The molecule has 0 aromatic heterocycles. The van der Waals surface area contributed by atoms with Gasteiger partial charge in [0.15, 0.2) is 0 Å². The highest BCUT2D eigenvalue weighted by Crippen LogP contribution is 2.30. The molecule has 2 fully saturated rings. The number of hydrogen-bond acceptors (Lipinski definition) is 6. The molecule has 9 nitrogen and oxygen atoms in total. The Morgan fingerprint density at radius 3 is 2.10 bits per heavy atom. The molecule has 0 amide bonds. The summed E-state index contributed by atoms with van der Waals surface area (Å²) in [5.74, 6) is -4.53. The molecule has 2 aromatic carbocycles. The minimum atomic E-state index is -5.08. The van der Waals surface area contributed by atoms with Crippen molar-refractivity contribution < 1.29 is 45.8 Å². The number of alkyl halides is 3. The third-order valence-corrected chi connectivity index (χ3v) is 8.40. The average molecular weight is 590 g/mol. The van der Waals surface area contributed by atoms with Crippen molar-refractivity contribution in [3.05, 3.63) is 53.3 Å². The fourth-order valence-corrected chi connectivity index (χ4v) is 6.18. The molecular weight excluding hydrogens is 558 g/mol. The van der Waals surface area contributed by atoms with Crippen LogP contribution in [0, 0.1) is 12.7 Å². The van der Waals surface area contributed by atoms with Crippen molar-refractivity contribution in [3.63, 3.8) is 0 Å². The van der Waals surface area contributed by atoms with Crippen LogP contribution in [0.2, 0.25) is 0 Å². The minimum absolute atomic E-state index is 0.0441. The topological polar surface area (TPSA) is 127 Å². The fourth-order valence-electron chi connectivity index (χ4n) is 4.88. The number of carbonyl (C=O) groups is 2. The van der Waals surface area contributed by atoms with Crippen LogP contribution < -0.4 is 9.62 Å². The van der Waals surface area contributed by atoms with E-state index >= 15 is 0 Å². The van der Waals surface area contributed by atoms with Gasteiger partial charge in [-0.1, -0.05) is 12.5 Å². The van der Waals surface area contributed by atoms with Crippen molar-refractivity contribution in [2.45, 2.75) is 56.1 Å². The predicted octanol–water partition coefficient (Wildman–Crippen LogP) is 4.72. The summed E-state index contributed by atoms with van der Waals surface area (Å²) in [5, 5.41) is 16.9. The van der Waals surface area contributed by atoms with Gasteiger partial charge in [-0.15, -0.1) is 0 Å². The SMILES string of the molecule is Cc1ccc(F)cc1S(=O)(=O)Nc1ccc(N2CCC(N3CCCCC3)CC2)c(C(=O)O)c1.O=C(O)C(F)(F)F. The standard InChI is InChI=1S/C24H30FN3O4S.C2HF3O2/c1-17-5-6-18(25)15-23(17)33(31,32)26-19-7-8-22(21(16-19)24(29)30)28-13-9-20(10-14-28)27-11-3-2-4-12-27;3-2(4,5)1(6)7/h5-8,15-16,20,26H,2-4,9-14H2,1H3,(H,29,30);(H,6,7). The van der Waals surface area contributed by atoms with Gasteiger partial charge in [-0.2, -0.15) is 13.2 Å². The lowest BCUT2D eigenvalue weighted by Crippen LogP contribution is -2.47. The summed E-state index contributed by atoms with van der Waals surface area (Å²) in [4.78, 5) is 25.3. The Hall–Kier alpha value is -3.39. The van der Waals surface area contributed by atoms with E-state index in [0.717, 1.165) is 45.1 Å². The van der Waals surface area contributed by atoms with Crippen LogP contribution in [0.3, 0.4) is 0 Å². The van der Waals surface area contributed by atoms with Gasteiger partial charge in [0.1, 0.15) is 5.82 Å². The zero-order valence-corrected chi connectivity index (χ0v) is 22.6. The van der Waals surface area contributed by atoms with Crippen LogP contribution in [0.25, 0.3) is 0 Å². The van der Waals surface area contributed by atoms with E-state index in [1.54, 1.807) is 19.1 Å². The van der Waals surface area contributed by atoms with Crippen LogP contribution in [-0.2, 0) is 14.8 Å². The van der Waals surface area contributed by atoms with Crippen molar-refractivity contribution in [1.82, 2.24) is 4.90 Å². The Balaban J connectivity index is 0.000000559. The first-order valence-corrected chi connectivity index (χ1v) is 14.1. The number of anilines is 2. The molecule has 2 saturated heterocycles. The lowest BCUT2D eigenvalue weighted by atomic mass is 9.98. The highest BCUT2D eigenvalue weighted by molar-refractivity contribution is 7.92. The number of nitrogens with zero attached hydrogens (tertiary/aromatic N) is 2. The predicted molar refractivity (Wildman–Crippen MR) is 140 cm³/mol. The van der Waals surface area contributed by atoms with Crippen LogP contribution in [0.15, 0.2) is 41.3 Å². The van der Waals surface area contributed by atoms with Crippen molar-refractivity contribution in [2.24, 2.45) is 0 Å². The number of nitrogens with one attached hydrogen (secondary N) is 1. The Labute approximate surface area is 229 Å². The second-order valence-corrected chi connectivity index (χ2v) is 11.3. The number of aromatic carboxylic acids is 1. The number of halogens is 4. The maximum atomic E-state index is 13.6. The molecule has 0 aliphatic carbocycles. The molecular formula is C26H31F4N3O6S. The first-order chi connectivity index (χ1) is 18.7. The lowest BCUT2D eigenvalue weighted by Gasteiger charge is -2.41. The van der Waals surface area contributed by atoms with E-state index in [9.17, 15) is 35.9 Å². The van der Waals surface area contributed by atoms with Gasteiger partial charge in [-0.05, 0) is 81.6 Å². The molecule has 0 spiro atoms. The highest BCUT2D eigenvalue weighted by Gasteiger charge is 2.38. The molecule has 0 bridgehead atoms. The van der Waals surface area contributed by atoms with Gasteiger partial charge in [-0.25, -0.2) is 22.4 Å². The maximum Gasteiger partial charge on any atom is 0.490 e. The molecule has 3 N–H and O–H groups in total. The molecule has 14 heteroatoms. The van der Waals surface area contributed by atoms with Crippen molar-refractivity contribution >= 4 is 33.3 Å². The Kier molecular flexibility index (Phi) is 10.0. The van der Waals surface area contributed by atoms with E-state index in [1.165, 1.54) is 37.5 Å². The number of sulfonamides is 1. The van der Waals surface area contributed by atoms with Gasteiger partial charge in [0.2, 0.25) is 0 Å². The number of rotatable bonds is 6. The lowest BCUT2D eigenvalue weighted by molar-refractivity contribution is -0.192. The Morgan fingerprint density at radius 2 is 1.55 bits per heavy atom. The van der Waals surface area contributed by atoms with E-state index < -0.39 is 34.0 Å². The first-order valence-electron chi connectivity index (χ1n) is 12.6. The van der Waals surface area contributed by atoms with Crippen LogP contribution in [0.1, 0.15) is 48.0 Å². The number of aliphatic carboxylic acids is 1. The number of piperidine rings is 2. The Morgan fingerprint density at radius 1 is 0.950 bits per heavy atom. The molecule has 0 saturated carbocycles. The summed E-state index contributed by atoms with van der Waals surface area (Å²) in [6, 6.07) is 8.63. The summed E-state index contributed by atoms with van der Waals surface area (Å²) in [6.07, 6.45) is 0.663. The van der Waals surface area contributed by atoms with Gasteiger partial charge in [0.05, 0.1) is 16.1 Å². The fraction of sp³-hybridized carbons (Fsp3) is 0.462. The molecule has 0 atom stereocenters. The minimum Gasteiger partial charge on any atom is -0.478 e. The molecule has 2 aliphatic rings. The smallest absolute Gasteiger partial charge is 0.478 e. The van der Waals surface area contributed by atoms with Crippen molar-refractivity contribution in [1.29, 1.82) is 0 Å². The average Bonchev–Trinajstić information content (AvgIpc) is 2.90. The van der Waals surface area contributed by atoms with E-state index in [4.69, 9.17) is 9.90 Å². The van der Waals surface area contributed by atoms with E-state index in [1.807, 2.05) is 0 Å². The third kappa shape index (κ3) is 8.07. The molecule has 40 heavy (non-hydrogen) atoms. The first kappa shape index (κ1) is 31.1. The number of benzene rings is 2. The van der Waals surface area contributed by atoms with E-state index in [2.05, 4.69) is 14.5 Å². The quantitative estimate of drug-likeness (QED) is 0.413. The molecule has 0 radical (unpaired) electrons. The molecule has 0 unspecified atom stereocenters. The largest absolute Gasteiger partial charge is 0.490 e. The number of carboxylic acid groups (broad SMARTS) is 2. The van der Waals surface area contributed by atoms with E-state index in [0.29, 0.717) is 17.3 Å². The van der Waals surface area contributed by atoms with Gasteiger partial charge < -0.3 is 20.0 Å².